The number of nitrogens with zero attached hydrogens (tertiary/aromatic N) is 1. The van der Waals surface area contributed by atoms with Gasteiger partial charge in [0.05, 0.1) is 11.1 Å². The monoisotopic (exact) mass is 384 g/mol. The Bertz CT molecular complexity index is 890. The van der Waals surface area contributed by atoms with E-state index < -0.39 is 0 Å². The van der Waals surface area contributed by atoms with Gasteiger partial charge in [0.15, 0.2) is 0 Å². The van der Waals surface area contributed by atoms with Crippen molar-refractivity contribution in [2.75, 3.05) is 12.4 Å². The number of amides is 3. The maximum atomic E-state index is 12.0. The fraction of sp³-hybridized carbons (Fsp3) is 0.0556. The van der Waals surface area contributed by atoms with Gasteiger partial charge in [-0.25, -0.2) is 0 Å². The second-order valence-electron chi connectivity index (χ2n) is 5.31. The first kappa shape index (κ1) is 16.1. The number of nitrogens with one attached hydrogen (secondary N) is 1. The lowest BCUT2D eigenvalue weighted by molar-refractivity contribution is -0.111. The molecule has 1 N–H and O–H groups in total. The van der Waals surface area contributed by atoms with Gasteiger partial charge < -0.3 is 5.32 Å². The van der Waals surface area contributed by atoms with E-state index in [0.717, 1.165) is 14.9 Å². The second kappa shape index (κ2) is 6.41. The van der Waals surface area contributed by atoms with Crippen LogP contribution in [0.4, 0.5) is 5.69 Å². The predicted octanol–water partition coefficient (Wildman–Crippen LogP) is 3.33. The zero-order valence-electron chi connectivity index (χ0n) is 12.7. The van der Waals surface area contributed by atoms with E-state index in [-0.39, 0.29) is 17.7 Å². The number of benzene rings is 2. The van der Waals surface area contributed by atoms with Crippen molar-refractivity contribution in [2.45, 2.75) is 0 Å². The topological polar surface area (TPSA) is 66.5 Å². The summed E-state index contributed by atoms with van der Waals surface area (Å²) >= 11 is 3.37. The number of hydrogen-bond donors (Lipinski definition) is 1. The lowest BCUT2D eigenvalue weighted by atomic mass is 10.1. The Labute approximate surface area is 147 Å². The van der Waals surface area contributed by atoms with Gasteiger partial charge in [0.2, 0.25) is 5.91 Å². The zero-order valence-corrected chi connectivity index (χ0v) is 14.3. The summed E-state index contributed by atoms with van der Waals surface area (Å²) in [4.78, 5) is 36.9. The maximum Gasteiger partial charge on any atom is 0.261 e. The van der Waals surface area contributed by atoms with Gasteiger partial charge in [-0.15, -0.1) is 0 Å². The van der Waals surface area contributed by atoms with Gasteiger partial charge >= 0.3 is 0 Å². The van der Waals surface area contributed by atoms with Crippen molar-refractivity contribution in [1.29, 1.82) is 0 Å². The molecular weight excluding hydrogens is 372 g/mol. The van der Waals surface area contributed by atoms with E-state index in [0.29, 0.717) is 16.8 Å². The fourth-order valence-electron chi connectivity index (χ4n) is 2.41. The molecule has 1 heterocycles. The SMILES string of the molecule is CN1C(=O)c2ccc(NC(=O)C=Cc3cccc(Br)c3)cc2C1=O. The molecule has 0 spiro atoms. The average molecular weight is 385 g/mol. The van der Waals surface area contributed by atoms with E-state index in [9.17, 15) is 14.4 Å². The highest BCUT2D eigenvalue weighted by Crippen LogP contribution is 2.24. The van der Waals surface area contributed by atoms with E-state index in [1.165, 1.54) is 19.2 Å². The molecular formula is C18H13BrN2O3. The molecule has 0 fully saturated rings. The molecule has 1 aliphatic heterocycles. The van der Waals surface area contributed by atoms with Gasteiger partial charge in [-0.3, -0.25) is 19.3 Å². The zero-order chi connectivity index (χ0) is 17.3. The molecule has 0 unspecified atom stereocenters. The normalized spacial score (nSPS) is 13.5. The molecule has 0 saturated heterocycles. The molecule has 1 aliphatic rings. The first-order valence-electron chi connectivity index (χ1n) is 7.17. The van der Waals surface area contributed by atoms with Crippen molar-refractivity contribution in [3.05, 3.63) is 69.7 Å². The summed E-state index contributed by atoms with van der Waals surface area (Å²) in [7, 11) is 1.43. The summed E-state index contributed by atoms with van der Waals surface area (Å²) in [6.45, 7) is 0. The van der Waals surface area contributed by atoms with Gasteiger partial charge in [-0.05, 0) is 42.0 Å². The average Bonchev–Trinajstić information content (AvgIpc) is 2.77. The molecule has 0 aromatic heterocycles. The van der Waals surface area contributed by atoms with Crippen molar-refractivity contribution in [1.82, 2.24) is 4.90 Å². The van der Waals surface area contributed by atoms with E-state index in [4.69, 9.17) is 0 Å². The van der Waals surface area contributed by atoms with Crippen LogP contribution in [0.15, 0.2) is 53.0 Å². The number of rotatable bonds is 3. The third kappa shape index (κ3) is 3.14. The van der Waals surface area contributed by atoms with E-state index in [1.54, 1.807) is 18.2 Å². The molecule has 0 radical (unpaired) electrons. The van der Waals surface area contributed by atoms with Crippen LogP contribution in [0.2, 0.25) is 0 Å². The molecule has 3 rings (SSSR count). The van der Waals surface area contributed by atoms with E-state index in [1.807, 2.05) is 24.3 Å². The molecule has 0 saturated carbocycles. The van der Waals surface area contributed by atoms with Crippen molar-refractivity contribution in [3.63, 3.8) is 0 Å². The molecule has 0 aliphatic carbocycles. The van der Waals surface area contributed by atoms with Crippen molar-refractivity contribution in [3.8, 4) is 0 Å². The summed E-state index contributed by atoms with van der Waals surface area (Å²) in [6.07, 6.45) is 3.10. The van der Waals surface area contributed by atoms with Crippen molar-refractivity contribution < 1.29 is 14.4 Å². The Morgan fingerprint density at radius 3 is 2.58 bits per heavy atom. The van der Waals surface area contributed by atoms with Crippen LogP contribution in [0.5, 0.6) is 0 Å². The fourth-order valence-corrected chi connectivity index (χ4v) is 2.82. The Hall–Kier alpha value is -2.73. The largest absolute Gasteiger partial charge is 0.322 e. The molecule has 120 valence electrons. The summed E-state index contributed by atoms with van der Waals surface area (Å²) in [5.41, 5.74) is 2.01. The van der Waals surface area contributed by atoms with Crippen LogP contribution in [0.3, 0.4) is 0 Å². The number of anilines is 1. The smallest absolute Gasteiger partial charge is 0.261 e. The molecule has 0 bridgehead atoms. The van der Waals surface area contributed by atoms with Gasteiger partial charge in [0, 0.05) is 23.3 Å². The molecule has 24 heavy (non-hydrogen) atoms. The number of carbonyl (C=O) groups excluding carboxylic acids is 3. The molecule has 3 amide bonds. The third-order valence-electron chi connectivity index (χ3n) is 3.63. The summed E-state index contributed by atoms with van der Waals surface area (Å²) in [5.74, 6) is -1.02. The van der Waals surface area contributed by atoms with Gasteiger partial charge in [-0.1, -0.05) is 28.1 Å². The first-order chi connectivity index (χ1) is 11.5. The molecule has 6 heteroatoms. The Kier molecular flexibility index (Phi) is 4.31. The summed E-state index contributed by atoms with van der Waals surface area (Å²) in [5, 5.41) is 2.69. The molecule has 2 aromatic rings. The van der Waals surface area contributed by atoms with Crippen LogP contribution in [0.1, 0.15) is 26.3 Å². The van der Waals surface area contributed by atoms with Crippen LogP contribution in [0.25, 0.3) is 6.08 Å². The number of fused-ring (bicyclic) bond motifs is 1. The van der Waals surface area contributed by atoms with Crippen LogP contribution >= 0.6 is 15.9 Å². The van der Waals surface area contributed by atoms with E-state index >= 15 is 0 Å². The number of halogens is 1. The van der Waals surface area contributed by atoms with Crippen LogP contribution in [0, 0.1) is 0 Å². The Balaban J connectivity index is 1.74. The number of carbonyl (C=O) groups is 3. The minimum Gasteiger partial charge on any atom is -0.322 e. The van der Waals surface area contributed by atoms with Crippen LogP contribution in [-0.2, 0) is 4.79 Å². The summed E-state index contributed by atoms with van der Waals surface area (Å²) in [6, 6.07) is 12.2. The Morgan fingerprint density at radius 2 is 1.83 bits per heavy atom. The minimum atomic E-state index is -0.365. The van der Waals surface area contributed by atoms with E-state index in [2.05, 4.69) is 21.2 Å². The highest BCUT2D eigenvalue weighted by molar-refractivity contribution is 9.10. The molecule has 0 atom stereocenters. The standard InChI is InChI=1S/C18H13BrN2O3/c1-21-17(23)14-7-6-13(10-15(14)18(21)24)20-16(22)8-5-11-3-2-4-12(19)9-11/h2-10H,1H3,(H,20,22). The lowest BCUT2D eigenvalue weighted by Crippen LogP contribution is -2.24. The van der Waals surface area contributed by atoms with Crippen LogP contribution < -0.4 is 5.32 Å². The summed E-state index contributed by atoms with van der Waals surface area (Å²) < 4.78 is 0.927. The van der Waals surface area contributed by atoms with Gasteiger partial charge in [0.1, 0.15) is 0 Å². The maximum absolute atomic E-state index is 12.0. The number of hydrogen-bond acceptors (Lipinski definition) is 3. The highest BCUT2D eigenvalue weighted by atomic mass is 79.9. The number of imide groups is 1. The minimum absolute atomic E-state index is 0.302. The molecule has 2 aromatic carbocycles. The quantitative estimate of drug-likeness (QED) is 0.651. The second-order valence-corrected chi connectivity index (χ2v) is 6.22. The third-order valence-corrected chi connectivity index (χ3v) is 4.13. The van der Waals surface area contributed by atoms with Crippen molar-refractivity contribution in [2.24, 2.45) is 0 Å². The van der Waals surface area contributed by atoms with Crippen LogP contribution in [-0.4, -0.2) is 29.7 Å². The first-order valence-corrected chi connectivity index (χ1v) is 7.96. The van der Waals surface area contributed by atoms with Gasteiger partial charge in [0.25, 0.3) is 11.8 Å². The molecule has 5 nitrogen and oxygen atoms in total. The van der Waals surface area contributed by atoms with Crippen molar-refractivity contribution >= 4 is 45.4 Å². The predicted molar refractivity (Wildman–Crippen MR) is 94.7 cm³/mol. The lowest BCUT2D eigenvalue weighted by Gasteiger charge is -2.04. The highest BCUT2D eigenvalue weighted by Gasteiger charge is 2.32. The Morgan fingerprint density at radius 1 is 1.08 bits per heavy atom. The van der Waals surface area contributed by atoms with Gasteiger partial charge in [-0.2, -0.15) is 0 Å².